The highest BCUT2D eigenvalue weighted by Crippen LogP contribution is 2.33. The van der Waals surface area contributed by atoms with Crippen LogP contribution in [-0.4, -0.2) is 75.4 Å². The molecule has 3 heterocycles. The number of carbonyl (C=O) groups excluding carboxylic acids is 2. The number of sulfonamides is 1. The third-order valence-corrected chi connectivity index (χ3v) is 8.07. The number of piperazine rings is 1. The maximum atomic E-state index is 13.1. The molecule has 2 fully saturated rings. The first-order valence-corrected chi connectivity index (χ1v) is 12.5. The van der Waals surface area contributed by atoms with E-state index in [1.54, 1.807) is 40.1 Å². The van der Waals surface area contributed by atoms with E-state index in [-0.39, 0.29) is 29.8 Å². The number of carbonyl (C=O) groups is 2. The quantitative estimate of drug-likeness (QED) is 0.674. The summed E-state index contributed by atoms with van der Waals surface area (Å²) in [6.07, 6.45) is 1.40. The summed E-state index contributed by atoms with van der Waals surface area (Å²) in [6.45, 7) is 2.54. The molecule has 0 aliphatic carbocycles. The van der Waals surface area contributed by atoms with Gasteiger partial charge in [-0.15, -0.1) is 0 Å². The van der Waals surface area contributed by atoms with Crippen molar-refractivity contribution in [2.75, 3.05) is 50.8 Å². The lowest BCUT2D eigenvalue weighted by atomic mass is 10.1. The second-order valence-corrected chi connectivity index (χ2v) is 10.1. The molecule has 9 nitrogen and oxygen atoms in total. The lowest BCUT2D eigenvalue weighted by Gasteiger charge is -2.34. The number of hydrogen-bond donors (Lipinski definition) is 0. The summed E-state index contributed by atoms with van der Waals surface area (Å²) in [5.41, 5.74) is 1.32. The molecule has 2 aromatic carbocycles. The summed E-state index contributed by atoms with van der Waals surface area (Å²) in [6, 6.07) is 11.7. The van der Waals surface area contributed by atoms with Crippen LogP contribution in [0.2, 0.25) is 0 Å². The van der Waals surface area contributed by atoms with E-state index < -0.39 is 10.0 Å². The predicted octanol–water partition coefficient (Wildman–Crippen LogP) is 1.73. The molecule has 174 valence electrons. The van der Waals surface area contributed by atoms with E-state index in [0.29, 0.717) is 56.3 Å². The average molecular weight is 472 g/mol. The first-order chi connectivity index (χ1) is 15.9. The Morgan fingerprint density at radius 3 is 2.21 bits per heavy atom. The van der Waals surface area contributed by atoms with Crippen molar-refractivity contribution in [2.24, 2.45) is 0 Å². The predicted molar refractivity (Wildman–Crippen MR) is 120 cm³/mol. The molecule has 0 N–H and O–H groups in total. The SMILES string of the molecule is O=C(c1ccc(N2CCCC2=O)cc1)N1CCN(S(=O)(=O)c2ccc3c(c2)OCCO3)CC1. The largest absolute Gasteiger partial charge is 0.486 e. The second kappa shape index (κ2) is 8.68. The lowest BCUT2D eigenvalue weighted by molar-refractivity contribution is -0.117. The molecule has 0 unspecified atom stereocenters. The van der Waals surface area contributed by atoms with Gasteiger partial charge in [0.2, 0.25) is 15.9 Å². The van der Waals surface area contributed by atoms with Gasteiger partial charge in [0.15, 0.2) is 11.5 Å². The second-order valence-electron chi connectivity index (χ2n) is 8.20. The number of anilines is 1. The molecule has 0 bridgehead atoms. The minimum Gasteiger partial charge on any atom is -0.486 e. The maximum Gasteiger partial charge on any atom is 0.253 e. The Bertz CT molecular complexity index is 1170. The van der Waals surface area contributed by atoms with Crippen LogP contribution in [0.25, 0.3) is 0 Å². The van der Waals surface area contributed by atoms with Crippen LogP contribution in [0.3, 0.4) is 0 Å². The normalized spacial score (nSPS) is 19.1. The van der Waals surface area contributed by atoms with Gasteiger partial charge in [0.1, 0.15) is 13.2 Å². The standard InChI is InChI=1S/C23H25N3O6S/c27-22-2-1-9-26(22)18-5-3-17(4-6-18)23(28)24-10-12-25(13-11-24)33(29,30)19-7-8-20-21(16-19)32-15-14-31-20/h3-8,16H,1-2,9-15H2. The fourth-order valence-corrected chi connectivity index (χ4v) is 5.79. The minimum absolute atomic E-state index is 0.101. The van der Waals surface area contributed by atoms with Crippen molar-refractivity contribution in [3.8, 4) is 11.5 Å². The van der Waals surface area contributed by atoms with E-state index in [4.69, 9.17) is 9.47 Å². The zero-order chi connectivity index (χ0) is 23.0. The van der Waals surface area contributed by atoms with E-state index >= 15 is 0 Å². The fourth-order valence-electron chi connectivity index (χ4n) is 4.35. The Kier molecular flexibility index (Phi) is 5.71. The average Bonchev–Trinajstić information content (AvgIpc) is 3.29. The van der Waals surface area contributed by atoms with Crippen LogP contribution in [0.5, 0.6) is 11.5 Å². The number of amides is 2. The molecule has 3 aliphatic rings. The summed E-state index contributed by atoms with van der Waals surface area (Å²) in [4.78, 5) is 28.4. The number of rotatable bonds is 4. The Morgan fingerprint density at radius 1 is 0.848 bits per heavy atom. The van der Waals surface area contributed by atoms with Crippen LogP contribution in [0.15, 0.2) is 47.4 Å². The van der Waals surface area contributed by atoms with Crippen molar-refractivity contribution in [2.45, 2.75) is 17.7 Å². The maximum absolute atomic E-state index is 13.1. The molecule has 2 aromatic rings. The van der Waals surface area contributed by atoms with Crippen molar-refractivity contribution in [3.63, 3.8) is 0 Å². The molecular weight excluding hydrogens is 446 g/mol. The topological polar surface area (TPSA) is 96.5 Å². The number of benzene rings is 2. The van der Waals surface area contributed by atoms with Gasteiger partial charge < -0.3 is 19.3 Å². The molecule has 33 heavy (non-hydrogen) atoms. The van der Waals surface area contributed by atoms with E-state index in [1.807, 2.05) is 0 Å². The van der Waals surface area contributed by atoms with Gasteiger partial charge in [-0.1, -0.05) is 0 Å². The van der Waals surface area contributed by atoms with Crippen molar-refractivity contribution in [1.82, 2.24) is 9.21 Å². The third kappa shape index (κ3) is 4.16. The van der Waals surface area contributed by atoms with Crippen molar-refractivity contribution < 1.29 is 27.5 Å². The Morgan fingerprint density at radius 2 is 1.55 bits per heavy atom. The van der Waals surface area contributed by atoms with E-state index in [2.05, 4.69) is 0 Å². The molecule has 2 saturated heterocycles. The van der Waals surface area contributed by atoms with Crippen LogP contribution in [0.1, 0.15) is 23.2 Å². The van der Waals surface area contributed by atoms with Gasteiger partial charge >= 0.3 is 0 Å². The van der Waals surface area contributed by atoms with Gasteiger partial charge in [0.25, 0.3) is 5.91 Å². The molecule has 2 amide bonds. The highest BCUT2D eigenvalue weighted by atomic mass is 32.2. The third-order valence-electron chi connectivity index (χ3n) is 6.18. The van der Waals surface area contributed by atoms with E-state index in [1.165, 1.54) is 16.4 Å². The van der Waals surface area contributed by atoms with Crippen LogP contribution < -0.4 is 14.4 Å². The molecule has 10 heteroatoms. The van der Waals surface area contributed by atoms with Gasteiger partial charge in [-0.3, -0.25) is 9.59 Å². The number of nitrogens with zero attached hydrogens (tertiary/aromatic N) is 3. The smallest absolute Gasteiger partial charge is 0.253 e. The molecule has 5 rings (SSSR count). The molecule has 3 aliphatic heterocycles. The molecule has 0 aromatic heterocycles. The van der Waals surface area contributed by atoms with Crippen molar-refractivity contribution in [3.05, 3.63) is 48.0 Å². The van der Waals surface area contributed by atoms with E-state index in [9.17, 15) is 18.0 Å². The van der Waals surface area contributed by atoms with E-state index in [0.717, 1.165) is 12.1 Å². The minimum atomic E-state index is -3.71. The van der Waals surface area contributed by atoms with Crippen LogP contribution in [0.4, 0.5) is 5.69 Å². The molecule has 0 spiro atoms. The molecule has 0 atom stereocenters. The van der Waals surface area contributed by atoms with Gasteiger partial charge in [-0.25, -0.2) is 8.42 Å². The highest BCUT2D eigenvalue weighted by Gasteiger charge is 2.31. The summed E-state index contributed by atoms with van der Waals surface area (Å²) in [5, 5.41) is 0. The zero-order valence-corrected chi connectivity index (χ0v) is 18.9. The summed E-state index contributed by atoms with van der Waals surface area (Å²) in [7, 11) is -3.71. The number of fused-ring (bicyclic) bond motifs is 1. The number of ether oxygens (including phenoxy) is 2. The first kappa shape index (κ1) is 21.7. The zero-order valence-electron chi connectivity index (χ0n) is 18.1. The van der Waals surface area contributed by atoms with Gasteiger partial charge in [-0.2, -0.15) is 4.31 Å². The Balaban J connectivity index is 1.23. The summed E-state index contributed by atoms with van der Waals surface area (Å²) >= 11 is 0. The molecular formula is C23H25N3O6S. The summed E-state index contributed by atoms with van der Waals surface area (Å²) < 4.78 is 38.6. The molecule has 0 saturated carbocycles. The first-order valence-electron chi connectivity index (χ1n) is 11.0. The van der Waals surface area contributed by atoms with Gasteiger partial charge in [-0.05, 0) is 42.8 Å². The summed E-state index contributed by atoms with van der Waals surface area (Å²) in [5.74, 6) is 0.918. The van der Waals surface area contributed by atoms with Crippen molar-refractivity contribution >= 4 is 27.5 Å². The van der Waals surface area contributed by atoms with Crippen LogP contribution in [0, 0.1) is 0 Å². The molecule has 0 radical (unpaired) electrons. The van der Waals surface area contributed by atoms with Crippen molar-refractivity contribution in [1.29, 1.82) is 0 Å². The highest BCUT2D eigenvalue weighted by molar-refractivity contribution is 7.89. The Labute approximate surface area is 192 Å². The van der Waals surface area contributed by atoms with Crippen LogP contribution in [-0.2, 0) is 14.8 Å². The van der Waals surface area contributed by atoms with Crippen LogP contribution >= 0.6 is 0 Å². The van der Waals surface area contributed by atoms with Gasteiger partial charge in [0.05, 0.1) is 4.90 Å². The van der Waals surface area contributed by atoms with Gasteiger partial charge in [0, 0.05) is 56.5 Å². The monoisotopic (exact) mass is 471 g/mol. The Hall–Kier alpha value is -3.11. The lowest BCUT2D eigenvalue weighted by Crippen LogP contribution is -2.50. The fraction of sp³-hybridized carbons (Fsp3) is 0.391. The number of hydrogen-bond acceptors (Lipinski definition) is 6.